The average Bonchev–Trinajstić information content (AvgIpc) is 2.71. The molecule has 8 heteroatoms. The van der Waals surface area contributed by atoms with Crippen LogP contribution < -0.4 is 5.43 Å². The maximum atomic E-state index is 13.1. The Kier molecular flexibility index (Phi) is 5.41. The first-order chi connectivity index (χ1) is 13.5. The molecule has 3 aliphatic rings. The molecule has 0 saturated carbocycles. The molecule has 3 heterocycles. The molecule has 0 aromatic heterocycles. The number of hydrogen-bond acceptors (Lipinski definition) is 5. The number of benzene rings is 1. The average molecular weight is 388 g/mol. The summed E-state index contributed by atoms with van der Waals surface area (Å²) in [5.74, 6) is -0.457. The van der Waals surface area contributed by atoms with E-state index in [-0.39, 0.29) is 23.2 Å². The van der Waals surface area contributed by atoms with E-state index in [0.717, 1.165) is 38.0 Å². The smallest absolute Gasteiger partial charge is 0.270 e. The summed E-state index contributed by atoms with van der Waals surface area (Å²) in [5.41, 5.74) is 3.66. The van der Waals surface area contributed by atoms with Crippen molar-refractivity contribution in [2.75, 3.05) is 32.8 Å². The van der Waals surface area contributed by atoms with E-state index in [9.17, 15) is 14.0 Å². The number of rotatable bonds is 3. The number of hydrazone groups is 1. The number of nitrogens with zero attached hydrogens (tertiary/aromatic N) is 3. The van der Waals surface area contributed by atoms with Crippen LogP contribution in [0.25, 0.3) is 0 Å². The Morgan fingerprint density at radius 3 is 2.61 bits per heavy atom. The van der Waals surface area contributed by atoms with Gasteiger partial charge in [-0.15, -0.1) is 0 Å². The van der Waals surface area contributed by atoms with Gasteiger partial charge in [-0.2, -0.15) is 5.10 Å². The van der Waals surface area contributed by atoms with Crippen LogP contribution in [0.1, 0.15) is 31.2 Å². The van der Waals surface area contributed by atoms with Gasteiger partial charge in [-0.1, -0.05) is 12.1 Å². The normalized spacial score (nSPS) is 22.7. The summed E-state index contributed by atoms with van der Waals surface area (Å²) in [4.78, 5) is 28.0. The van der Waals surface area contributed by atoms with Crippen molar-refractivity contribution < 1.29 is 18.7 Å². The number of amides is 2. The first-order valence-electron chi connectivity index (χ1n) is 9.78. The number of piperidine rings is 1. The summed E-state index contributed by atoms with van der Waals surface area (Å²) < 4.78 is 19.3. The number of halogens is 1. The number of morpholine rings is 1. The summed E-state index contributed by atoms with van der Waals surface area (Å²) in [5, 5.41) is 3.91. The van der Waals surface area contributed by atoms with Crippen molar-refractivity contribution in [2.24, 2.45) is 5.10 Å². The SMILES string of the molecule is O=C1CCC(C(=O)N2CCC3(CC2)CN(Cc2ccc(F)cc2)CCO3)=NN1. The number of ether oxygens (including phenoxy) is 1. The summed E-state index contributed by atoms with van der Waals surface area (Å²) in [6.45, 7) is 4.33. The van der Waals surface area contributed by atoms with Crippen LogP contribution in [-0.4, -0.2) is 65.7 Å². The summed E-state index contributed by atoms with van der Waals surface area (Å²) >= 11 is 0. The molecule has 1 aromatic carbocycles. The topological polar surface area (TPSA) is 74.2 Å². The Morgan fingerprint density at radius 2 is 1.93 bits per heavy atom. The fourth-order valence-electron chi connectivity index (χ4n) is 4.14. The van der Waals surface area contributed by atoms with E-state index in [2.05, 4.69) is 15.4 Å². The van der Waals surface area contributed by atoms with Gasteiger partial charge in [-0.25, -0.2) is 9.82 Å². The van der Waals surface area contributed by atoms with Crippen LogP contribution in [0.3, 0.4) is 0 Å². The zero-order valence-corrected chi connectivity index (χ0v) is 15.8. The molecule has 28 heavy (non-hydrogen) atoms. The van der Waals surface area contributed by atoms with Gasteiger partial charge in [-0.05, 0) is 30.5 Å². The molecule has 2 saturated heterocycles. The maximum absolute atomic E-state index is 13.1. The molecule has 2 fully saturated rings. The standard InChI is InChI=1S/C20H25FN4O3/c21-16-3-1-15(2-4-16)13-24-11-12-28-20(14-24)7-9-25(10-8-20)19(27)17-5-6-18(26)23-22-17/h1-4H,5-14H2,(H,23,26). The van der Waals surface area contributed by atoms with Crippen LogP contribution in [0.5, 0.6) is 0 Å². The summed E-state index contributed by atoms with van der Waals surface area (Å²) in [6.07, 6.45) is 2.26. The molecule has 1 N–H and O–H groups in total. The van der Waals surface area contributed by atoms with Crippen LogP contribution in [0.4, 0.5) is 4.39 Å². The van der Waals surface area contributed by atoms with E-state index in [0.29, 0.717) is 38.2 Å². The van der Waals surface area contributed by atoms with Gasteiger partial charge in [0.2, 0.25) is 5.91 Å². The number of carbonyl (C=O) groups excluding carboxylic acids is 2. The van der Waals surface area contributed by atoms with Crippen LogP contribution in [0.2, 0.25) is 0 Å². The van der Waals surface area contributed by atoms with Crippen molar-refractivity contribution in [1.29, 1.82) is 0 Å². The second-order valence-electron chi connectivity index (χ2n) is 7.75. The zero-order valence-electron chi connectivity index (χ0n) is 15.8. The number of carbonyl (C=O) groups is 2. The fourth-order valence-corrected chi connectivity index (χ4v) is 4.14. The lowest BCUT2D eigenvalue weighted by molar-refractivity contribution is -0.147. The highest BCUT2D eigenvalue weighted by molar-refractivity contribution is 6.39. The largest absolute Gasteiger partial charge is 0.372 e. The van der Waals surface area contributed by atoms with Gasteiger partial charge >= 0.3 is 0 Å². The second kappa shape index (κ2) is 7.97. The van der Waals surface area contributed by atoms with Gasteiger partial charge in [0.05, 0.1) is 12.2 Å². The third-order valence-corrected chi connectivity index (χ3v) is 5.76. The quantitative estimate of drug-likeness (QED) is 0.847. The van der Waals surface area contributed by atoms with Gasteiger partial charge in [-0.3, -0.25) is 14.5 Å². The van der Waals surface area contributed by atoms with Gasteiger partial charge in [0.25, 0.3) is 5.91 Å². The first kappa shape index (κ1) is 19.0. The summed E-state index contributed by atoms with van der Waals surface area (Å²) in [6, 6.07) is 6.63. The monoisotopic (exact) mass is 388 g/mol. The minimum atomic E-state index is -0.238. The Morgan fingerprint density at radius 1 is 1.18 bits per heavy atom. The minimum Gasteiger partial charge on any atom is -0.372 e. The molecule has 1 aromatic rings. The highest BCUT2D eigenvalue weighted by atomic mass is 19.1. The van der Waals surface area contributed by atoms with Crippen molar-refractivity contribution in [1.82, 2.24) is 15.2 Å². The van der Waals surface area contributed by atoms with Gasteiger partial charge in [0.15, 0.2) is 0 Å². The van der Waals surface area contributed by atoms with Crippen LogP contribution in [0.15, 0.2) is 29.4 Å². The molecule has 4 rings (SSSR count). The van der Waals surface area contributed by atoms with Gasteiger partial charge in [0.1, 0.15) is 11.5 Å². The van der Waals surface area contributed by atoms with Crippen LogP contribution >= 0.6 is 0 Å². The molecule has 1 spiro atoms. The molecule has 0 unspecified atom stereocenters. The zero-order chi connectivity index (χ0) is 19.6. The second-order valence-corrected chi connectivity index (χ2v) is 7.75. The highest BCUT2D eigenvalue weighted by Gasteiger charge is 2.41. The predicted molar refractivity (Wildman–Crippen MR) is 101 cm³/mol. The molecule has 7 nitrogen and oxygen atoms in total. The van der Waals surface area contributed by atoms with E-state index >= 15 is 0 Å². The molecule has 0 aliphatic carbocycles. The number of hydrogen-bond donors (Lipinski definition) is 1. The molecular formula is C20H25FN4O3. The predicted octanol–water partition coefficient (Wildman–Crippen LogP) is 1.29. The highest BCUT2D eigenvalue weighted by Crippen LogP contribution is 2.31. The van der Waals surface area contributed by atoms with E-state index in [1.54, 1.807) is 0 Å². The van der Waals surface area contributed by atoms with E-state index in [1.807, 2.05) is 17.0 Å². The number of likely N-dealkylation sites (tertiary alicyclic amines) is 1. The third kappa shape index (κ3) is 4.23. The Labute approximate surface area is 163 Å². The summed E-state index contributed by atoms with van der Waals surface area (Å²) in [7, 11) is 0. The maximum Gasteiger partial charge on any atom is 0.270 e. The van der Waals surface area contributed by atoms with Crippen molar-refractivity contribution in [2.45, 2.75) is 37.8 Å². The lowest BCUT2D eigenvalue weighted by Crippen LogP contribution is -2.58. The lowest BCUT2D eigenvalue weighted by atomic mass is 9.89. The molecular weight excluding hydrogens is 363 g/mol. The van der Waals surface area contributed by atoms with Crippen LogP contribution in [0, 0.1) is 5.82 Å². The molecule has 3 aliphatic heterocycles. The lowest BCUT2D eigenvalue weighted by Gasteiger charge is -2.47. The van der Waals surface area contributed by atoms with Crippen molar-refractivity contribution in [3.8, 4) is 0 Å². The molecule has 2 amide bonds. The van der Waals surface area contributed by atoms with Gasteiger partial charge in [0, 0.05) is 45.6 Å². The number of nitrogens with one attached hydrogen (secondary N) is 1. The fraction of sp³-hybridized carbons (Fsp3) is 0.550. The Bertz CT molecular complexity index is 772. The van der Waals surface area contributed by atoms with Crippen molar-refractivity contribution >= 4 is 17.5 Å². The van der Waals surface area contributed by atoms with E-state index in [4.69, 9.17) is 4.74 Å². The first-order valence-corrected chi connectivity index (χ1v) is 9.78. The van der Waals surface area contributed by atoms with E-state index in [1.165, 1.54) is 12.1 Å². The van der Waals surface area contributed by atoms with Crippen molar-refractivity contribution in [3.63, 3.8) is 0 Å². The minimum absolute atomic E-state index is 0.0890. The Balaban J connectivity index is 1.33. The molecule has 0 bridgehead atoms. The van der Waals surface area contributed by atoms with Crippen molar-refractivity contribution in [3.05, 3.63) is 35.6 Å². The van der Waals surface area contributed by atoms with Crippen LogP contribution in [-0.2, 0) is 20.9 Å². The Hall–Kier alpha value is -2.32. The third-order valence-electron chi connectivity index (χ3n) is 5.76. The van der Waals surface area contributed by atoms with Gasteiger partial charge < -0.3 is 9.64 Å². The van der Waals surface area contributed by atoms with E-state index < -0.39 is 0 Å². The molecule has 0 radical (unpaired) electrons. The molecule has 150 valence electrons. The molecule has 0 atom stereocenters.